The Balaban J connectivity index is 2.61. The lowest BCUT2D eigenvalue weighted by molar-refractivity contribution is 0.760. The summed E-state index contributed by atoms with van der Waals surface area (Å²) in [5, 5.41) is 3.07. The number of nitrogen functional groups attached to an aromatic ring is 1. The van der Waals surface area contributed by atoms with Crippen LogP contribution < -0.4 is 11.3 Å². The predicted octanol–water partition coefficient (Wildman–Crippen LogP) is 2.18. The normalized spacial score (nSPS) is 11.1. The number of nitrogens with zero attached hydrogens (tertiary/aromatic N) is 1. The lowest BCUT2D eigenvalue weighted by Gasteiger charge is -2.04. The lowest BCUT2D eigenvalue weighted by atomic mass is 10.1. The Kier molecular flexibility index (Phi) is 2.79. The third-order valence-corrected chi connectivity index (χ3v) is 2.79. The van der Waals surface area contributed by atoms with Crippen LogP contribution in [0.4, 0.5) is 5.69 Å². The van der Waals surface area contributed by atoms with Gasteiger partial charge in [0.25, 0.3) is 5.56 Å². The topological polar surface area (TPSA) is 63.8 Å². The molecule has 0 fully saturated rings. The van der Waals surface area contributed by atoms with E-state index in [1.807, 2.05) is 45.0 Å². The number of anilines is 1. The van der Waals surface area contributed by atoms with E-state index < -0.39 is 0 Å². The molecule has 0 radical (unpaired) electrons. The molecule has 2 rings (SSSR count). The molecule has 0 spiro atoms. The van der Waals surface area contributed by atoms with Crippen LogP contribution in [0.5, 0.6) is 0 Å². The fourth-order valence-corrected chi connectivity index (χ4v) is 1.86. The Morgan fingerprint density at radius 3 is 2.59 bits per heavy atom. The van der Waals surface area contributed by atoms with Gasteiger partial charge in [0.05, 0.1) is 11.4 Å². The van der Waals surface area contributed by atoms with Crippen molar-refractivity contribution in [1.82, 2.24) is 9.78 Å². The standard InChI is InChI=1S/C13H17N3O/c1-8(2)12-11(14)13(17)16(15-12)10-6-4-5-9(3)7-10/h4-8,15H,14H2,1-3H3. The molecule has 4 heteroatoms. The lowest BCUT2D eigenvalue weighted by Crippen LogP contribution is -2.16. The van der Waals surface area contributed by atoms with Crippen molar-refractivity contribution in [2.24, 2.45) is 0 Å². The molecule has 2 aromatic rings. The van der Waals surface area contributed by atoms with Crippen LogP contribution in [-0.2, 0) is 0 Å². The molecular formula is C13H17N3O. The highest BCUT2D eigenvalue weighted by molar-refractivity contribution is 5.46. The first-order valence-corrected chi connectivity index (χ1v) is 5.68. The Hall–Kier alpha value is -1.97. The summed E-state index contributed by atoms with van der Waals surface area (Å²) < 4.78 is 1.50. The third-order valence-electron chi connectivity index (χ3n) is 2.79. The van der Waals surface area contributed by atoms with Crippen molar-refractivity contribution in [3.8, 4) is 5.69 Å². The zero-order valence-corrected chi connectivity index (χ0v) is 10.3. The first kappa shape index (κ1) is 11.5. The predicted molar refractivity (Wildman–Crippen MR) is 69.6 cm³/mol. The van der Waals surface area contributed by atoms with Gasteiger partial charge < -0.3 is 5.73 Å². The molecule has 0 atom stereocenters. The maximum absolute atomic E-state index is 12.0. The molecule has 0 unspecified atom stereocenters. The van der Waals surface area contributed by atoms with Crippen molar-refractivity contribution in [2.75, 3.05) is 5.73 Å². The molecule has 90 valence electrons. The summed E-state index contributed by atoms with van der Waals surface area (Å²) >= 11 is 0. The highest BCUT2D eigenvalue weighted by Crippen LogP contribution is 2.17. The van der Waals surface area contributed by atoms with Crippen molar-refractivity contribution in [3.63, 3.8) is 0 Å². The summed E-state index contributed by atoms with van der Waals surface area (Å²) in [5.74, 6) is 0.203. The molecule has 1 aromatic heterocycles. The number of aryl methyl sites for hydroxylation is 1. The number of aromatic nitrogens is 2. The van der Waals surface area contributed by atoms with Gasteiger partial charge in [0.1, 0.15) is 5.69 Å². The summed E-state index contributed by atoms with van der Waals surface area (Å²) in [5.41, 5.74) is 8.65. The Morgan fingerprint density at radius 1 is 1.35 bits per heavy atom. The van der Waals surface area contributed by atoms with Crippen LogP contribution in [0, 0.1) is 6.92 Å². The van der Waals surface area contributed by atoms with Gasteiger partial charge in [-0.25, -0.2) is 4.68 Å². The maximum Gasteiger partial charge on any atom is 0.294 e. The van der Waals surface area contributed by atoms with E-state index in [0.717, 1.165) is 16.9 Å². The number of rotatable bonds is 2. The first-order chi connectivity index (χ1) is 8.00. The Bertz CT molecular complexity index is 593. The van der Waals surface area contributed by atoms with Gasteiger partial charge in [-0.3, -0.25) is 9.89 Å². The number of nitrogens with two attached hydrogens (primary N) is 1. The van der Waals surface area contributed by atoms with E-state index in [1.54, 1.807) is 0 Å². The zero-order chi connectivity index (χ0) is 12.6. The largest absolute Gasteiger partial charge is 0.393 e. The summed E-state index contributed by atoms with van der Waals surface area (Å²) in [6.07, 6.45) is 0. The summed E-state index contributed by atoms with van der Waals surface area (Å²) in [4.78, 5) is 12.0. The average molecular weight is 231 g/mol. The first-order valence-electron chi connectivity index (χ1n) is 5.68. The molecule has 0 aliphatic rings. The van der Waals surface area contributed by atoms with Crippen LogP contribution in [-0.4, -0.2) is 9.78 Å². The van der Waals surface area contributed by atoms with Gasteiger partial charge in [-0.05, 0) is 30.5 Å². The molecule has 0 aliphatic carbocycles. The van der Waals surface area contributed by atoms with Crippen LogP contribution in [0.25, 0.3) is 5.69 Å². The van der Waals surface area contributed by atoms with Crippen molar-refractivity contribution < 1.29 is 0 Å². The van der Waals surface area contributed by atoms with Crippen molar-refractivity contribution in [2.45, 2.75) is 26.7 Å². The van der Waals surface area contributed by atoms with Crippen molar-refractivity contribution in [1.29, 1.82) is 0 Å². The monoisotopic (exact) mass is 231 g/mol. The number of benzene rings is 1. The maximum atomic E-state index is 12.0. The second-order valence-electron chi connectivity index (χ2n) is 4.57. The molecule has 4 nitrogen and oxygen atoms in total. The SMILES string of the molecule is Cc1cccc(-n2[nH]c(C(C)C)c(N)c2=O)c1. The highest BCUT2D eigenvalue weighted by atomic mass is 16.1. The Morgan fingerprint density at radius 2 is 2.06 bits per heavy atom. The highest BCUT2D eigenvalue weighted by Gasteiger charge is 2.14. The zero-order valence-electron chi connectivity index (χ0n) is 10.3. The molecule has 0 aliphatic heterocycles. The van der Waals surface area contributed by atoms with Gasteiger partial charge in [0, 0.05) is 0 Å². The van der Waals surface area contributed by atoms with Crippen LogP contribution in [0.1, 0.15) is 31.0 Å². The third kappa shape index (κ3) is 1.98. The number of hydrogen-bond acceptors (Lipinski definition) is 2. The van der Waals surface area contributed by atoms with Crippen LogP contribution in [0.3, 0.4) is 0 Å². The smallest absolute Gasteiger partial charge is 0.294 e. The van der Waals surface area contributed by atoms with Gasteiger partial charge in [0.2, 0.25) is 0 Å². The molecule has 1 aromatic carbocycles. The number of H-pyrrole nitrogens is 1. The molecular weight excluding hydrogens is 214 g/mol. The van der Waals surface area contributed by atoms with Crippen LogP contribution in [0.15, 0.2) is 29.1 Å². The molecule has 0 amide bonds. The van der Waals surface area contributed by atoms with Gasteiger partial charge >= 0.3 is 0 Å². The van der Waals surface area contributed by atoms with Gasteiger partial charge in [-0.2, -0.15) is 0 Å². The summed E-state index contributed by atoms with van der Waals surface area (Å²) in [6.45, 7) is 5.99. The molecule has 3 N–H and O–H groups in total. The quantitative estimate of drug-likeness (QED) is 0.832. The molecule has 0 saturated heterocycles. The average Bonchev–Trinajstić information content (AvgIpc) is 2.56. The van der Waals surface area contributed by atoms with Crippen LogP contribution >= 0.6 is 0 Å². The summed E-state index contributed by atoms with van der Waals surface area (Å²) in [6, 6.07) is 7.74. The fraction of sp³-hybridized carbons (Fsp3) is 0.308. The van der Waals surface area contributed by atoms with E-state index in [2.05, 4.69) is 5.10 Å². The van der Waals surface area contributed by atoms with E-state index >= 15 is 0 Å². The Labute approximate surface area is 100 Å². The fourth-order valence-electron chi connectivity index (χ4n) is 1.86. The second-order valence-corrected chi connectivity index (χ2v) is 4.57. The number of hydrogen-bond donors (Lipinski definition) is 2. The molecule has 17 heavy (non-hydrogen) atoms. The van der Waals surface area contributed by atoms with Gasteiger partial charge in [0.15, 0.2) is 0 Å². The van der Waals surface area contributed by atoms with Gasteiger partial charge in [-0.1, -0.05) is 26.0 Å². The molecule has 0 bridgehead atoms. The van der Waals surface area contributed by atoms with E-state index in [1.165, 1.54) is 4.68 Å². The van der Waals surface area contributed by atoms with E-state index in [0.29, 0.717) is 5.69 Å². The van der Waals surface area contributed by atoms with Crippen molar-refractivity contribution >= 4 is 5.69 Å². The van der Waals surface area contributed by atoms with Crippen molar-refractivity contribution in [3.05, 3.63) is 45.9 Å². The van der Waals surface area contributed by atoms with E-state index in [4.69, 9.17) is 5.73 Å². The number of nitrogens with one attached hydrogen (secondary N) is 1. The number of aromatic amines is 1. The minimum absolute atomic E-state index is 0.181. The van der Waals surface area contributed by atoms with E-state index in [-0.39, 0.29) is 11.5 Å². The van der Waals surface area contributed by atoms with E-state index in [9.17, 15) is 4.79 Å². The summed E-state index contributed by atoms with van der Waals surface area (Å²) in [7, 11) is 0. The minimum atomic E-state index is -0.181. The second kappa shape index (κ2) is 4.13. The van der Waals surface area contributed by atoms with Gasteiger partial charge in [-0.15, -0.1) is 0 Å². The van der Waals surface area contributed by atoms with Crippen LogP contribution in [0.2, 0.25) is 0 Å². The molecule has 0 saturated carbocycles. The molecule has 1 heterocycles. The minimum Gasteiger partial charge on any atom is -0.393 e.